The van der Waals surface area contributed by atoms with Gasteiger partial charge in [0.2, 0.25) is 0 Å². The van der Waals surface area contributed by atoms with E-state index in [0.717, 1.165) is 18.7 Å². The van der Waals surface area contributed by atoms with Crippen molar-refractivity contribution in [3.05, 3.63) is 30.1 Å². The Bertz CT molecular complexity index is 382. The summed E-state index contributed by atoms with van der Waals surface area (Å²) in [7, 11) is 1.99. The highest BCUT2D eigenvalue weighted by molar-refractivity contribution is 5.49. The highest BCUT2D eigenvalue weighted by Gasteiger charge is 2.43. The minimum atomic E-state index is -0.223. The van der Waals surface area contributed by atoms with Gasteiger partial charge in [0.15, 0.2) is 0 Å². The van der Waals surface area contributed by atoms with Crippen LogP contribution in [0.2, 0.25) is 0 Å². The molecular weight excluding hydrogens is 219 g/mol. The van der Waals surface area contributed by atoms with E-state index in [1.807, 2.05) is 14.0 Å². The largest absolute Gasteiger partial charge is 0.376 e. The molecule has 1 fully saturated rings. The van der Waals surface area contributed by atoms with Crippen LogP contribution in [0.4, 0.5) is 10.1 Å². The first-order valence-corrected chi connectivity index (χ1v) is 5.91. The minimum absolute atomic E-state index is 0.0857. The van der Waals surface area contributed by atoms with Crippen LogP contribution in [0.1, 0.15) is 13.3 Å². The minimum Gasteiger partial charge on any atom is -0.376 e. The van der Waals surface area contributed by atoms with Crippen LogP contribution < -0.4 is 10.6 Å². The highest BCUT2D eigenvalue weighted by atomic mass is 19.1. The molecule has 0 spiro atoms. The third-order valence-corrected chi connectivity index (χ3v) is 3.89. The first-order valence-electron chi connectivity index (χ1n) is 5.91. The number of halogens is 1. The molecule has 2 N–H and O–H groups in total. The summed E-state index contributed by atoms with van der Waals surface area (Å²) in [5, 5.41) is 0. The molecule has 2 rings (SSSR count). The fourth-order valence-electron chi connectivity index (χ4n) is 2.54. The fraction of sp³-hybridized carbons (Fsp3) is 0.538. The normalized spacial score (nSPS) is 28.4. The first kappa shape index (κ1) is 12.3. The molecule has 1 saturated heterocycles. The molecule has 0 radical (unpaired) electrons. The van der Waals surface area contributed by atoms with Gasteiger partial charge in [-0.2, -0.15) is 0 Å². The molecule has 1 heterocycles. The summed E-state index contributed by atoms with van der Waals surface area (Å²) >= 11 is 0. The molecule has 1 aliphatic heterocycles. The molecule has 4 heteroatoms. The van der Waals surface area contributed by atoms with E-state index in [1.165, 1.54) is 12.1 Å². The Morgan fingerprint density at radius 3 is 2.59 bits per heavy atom. The van der Waals surface area contributed by atoms with Gasteiger partial charge in [0.25, 0.3) is 0 Å². The number of nitrogens with two attached hydrogens (primary N) is 1. The maximum atomic E-state index is 12.9. The van der Waals surface area contributed by atoms with Crippen molar-refractivity contribution in [1.82, 2.24) is 0 Å². The van der Waals surface area contributed by atoms with Gasteiger partial charge >= 0.3 is 0 Å². The molecule has 0 aromatic heterocycles. The zero-order valence-corrected chi connectivity index (χ0v) is 10.3. The van der Waals surface area contributed by atoms with Crippen molar-refractivity contribution in [2.75, 3.05) is 25.1 Å². The number of nitrogens with zero attached hydrogens (tertiary/aromatic N) is 1. The van der Waals surface area contributed by atoms with Crippen molar-refractivity contribution in [3.63, 3.8) is 0 Å². The van der Waals surface area contributed by atoms with E-state index < -0.39 is 0 Å². The number of hydrogen-bond donors (Lipinski definition) is 1. The monoisotopic (exact) mass is 238 g/mol. The molecule has 0 amide bonds. The zero-order valence-electron chi connectivity index (χ0n) is 10.3. The Morgan fingerprint density at radius 2 is 2.12 bits per heavy atom. The van der Waals surface area contributed by atoms with Crippen LogP contribution >= 0.6 is 0 Å². The number of hydrogen-bond acceptors (Lipinski definition) is 3. The molecule has 3 nitrogen and oxygen atoms in total. The van der Waals surface area contributed by atoms with Gasteiger partial charge in [-0.1, -0.05) is 0 Å². The van der Waals surface area contributed by atoms with Gasteiger partial charge in [-0.3, -0.25) is 0 Å². The third-order valence-electron chi connectivity index (χ3n) is 3.89. The Kier molecular flexibility index (Phi) is 3.35. The lowest BCUT2D eigenvalue weighted by Gasteiger charge is -2.41. The summed E-state index contributed by atoms with van der Waals surface area (Å²) in [5.41, 5.74) is 6.72. The second kappa shape index (κ2) is 4.63. The van der Waals surface area contributed by atoms with E-state index in [9.17, 15) is 4.39 Å². The fourth-order valence-corrected chi connectivity index (χ4v) is 2.54. The summed E-state index contributed by atoms with van der Waals surface area (Å²) in [6.07, 6.45) is 0.987. The molecule has 0 saturated carbocycles. The Labute approximate surface area is 101 Å². The van der Waals surface area contributed by atoms with Crippen LogP contribution in [0, 0.1) is 5.82 Å². The molecule has 1 aromatic rings. The van der Waals surface area contributed by atoms with Crippen LogP contribution in [0.25, 0.3) is 0 Å². The van der Waals surface area contributed by atoms with Crippen molar-refractivity contribution in [2.45, 2.75) is 25.0 Å². The van der Waals surface area contributed by atoms with Crippen LogP contribution in [0.3, 0.4) is 0 Å². The van der Waals surface area contributed by atoms with Gasteiger partial charge < -0.3 is 15.4 Å². The maximum absolute atomic E-state index is 12.9. The molecule has 94 valence electrons. The highest BCUT2D eigenvalue weighted by Crippen LogP contribution is 2.33. The van der Waals surface area contributed by atoms with E-state index in [1.54, 1.807) is 12.1 Å². The Morgan fingerprint density at radius 1 is 1.47 bits per heavy atom. The average Bonchev–Trinajstić information content (AvgIpc) is 2.71. The van der Waals surface area contributed by atoms with E-state index in [4.69, 9.17) is 10.5 Å². The smallest absolute Gasteiger partial charge is 0.123 e. The van der Waals surface area contributed by atoms with Gasteiger partial charge in [-0.25, -0.2) is 4.39 Å². The Balaban J connectivity index is 2.28. The predicted molar refractivity (Wildman–Crippen MR) is 66.6 cm³/mol. The molecule has 17 heavy (non-hydrogen) atoms. The number of ether oxygens (including phenoxy) is 1. The topological polar surface area (TPSA) is 38.5 Å². The van der Waals surface area contributed by atoms with E-state index in [-0.39, 0.29) is 17.5 Å². The lowest BCUT2D eigenvalue weighted by atomic mass is 9.89. The van der Waals surface area contributed by atoms with Crippen LogP contribution in [0.15, 0.2) is 24.3 Å². The molecule has 1 aromatic carbocycles. The molecule has 2 atom stereocenters. The van der Waals surface area contributed by atoms with Gasteiger partial charge in [-0.05, 0) is 37.6 Å². The van der Waals surface area contributed by atoms with Crippen molar-refractivity contribution >= 4 is 5.69 Å². The SMILES string of the molecule is CC1OCCC1(CN)N(C)c1ccc(F)cc1. The lowest BCUT2D eigenvalue weighted by Crippen LogP contribution is -2.57. The summed E-state index contributed by atoms with van der Waals surface area (Å²) in [6, 6.07) is 6.49. The van der Waals surface area contributed by atoms with Gasteiger partial charge in [0.05, 0.1) is 11.6 Å². The second-order valence-corrected chi connectivity index (χ2v) is 4.61. The maximum Gasteiger partial charge on any atom is 0.123 e. The summed E-state index contributed by atoms with van der Waals surface area (Å²) in [6.45, 7) is 3.30. The standard InChI is InChI=1S/C13H19FN2O/c1-10-13(9-15,7-8-17-10)16(2)12-5-3-11(14)4-6-12/h3-6,10H,7-9,15H2,1-2H3. The Hall–Kier alpha value is -1.13. The van der Waals surface area contributed by atoms with Gasteiger partial charge in [0.1, 0.15) is 5.82 Å². The van der Waals surface area contributed by atoms with Crippen LogP contribution in [0.5, 0.6) is 0 Å². The number of benzene rings is 1. The van der Waals surface area contributed by atoms with E-state index >= 15 is 0 Å². The van der Waals surface area contributed by atoms with Crippen molar-refractivity contribution < 1.29 is 9.13 Å². The van der Waals surface area contributed by atoms with Crippen molar-refractivity contribution in [2.24, 2.45) is 5.73 Å². The van der Waals surface area contributed by atoms with Crippen molar-refractivity contribution in [1.29, 1.82) is 0 Å². The first-order chi connectivity index (χ1) is 8.10. The molecule has 1 aliphatic rings. The molecule has 2 unspecified atom stereocenters. The van der Waals surface area contributed by atoms with Gasteiger partial charge in [0, 0.05) is 25.9 Å². The summed E-state index contributed by atoms with van der Waals surface area (Å²) in [4.78, 5) is 2.12. The van der Waals surface area contributed by atoms with Crippen LogP contribution in [-0.2, 0) is 4.74 Å². The van der Waals surface area contributed by atoms with E-state index in [0.29, 0.717) is 6.54 Å². The predicted octanol–water partition coefficient (Wildman–Crippen LogP) is 1.77. The van der Waals surface area contributed by atoms with Crippen molar-refractivity contribution in [3.8, 4) is 0 Å². The quantitative estimate of drug-likeness (QED) is 0.872. The van der Waals surface area contributed by atoms with Gasteiger partial charge in [-0.15, -0.1) is 0 Å². The lowest BCUT2D eigenvalue weighted by molar-refractivity contribution is 0.0961. The third kappa shape index (κ3) is 2.03. The van der Waals surface area contributed by atoms with E-state index in [2.05, 4.69) is 4.90 Å². The molecule has 0 aliphatic carbocycles. The molecule has 0 bridgehead atoms. The van der Waals surface area contributed by atoms with Crippen LogP contribution in [-0.4, -0.2) is 31.8 Å². The summed E-state index contributed by atoms with van der Waals surface area (Å²) < 4.78 is 18.5. The number of rotatable bonds is 3. The zero-order chi connectivity index (χ0) is 12.5. The number of anilines is 1. The molecular formula is C13H19FN2O. The summed E-state index contributed by atoms with van der Waals surface area (Å²) in [5.74, 6) is -0.223. The average molecular weight is 238 g/mol. The second-order valence-electron chi connectivity index (χ2n) is 4.61. The number of likely N-dealkylation sites (N-methyl/N-ethyl adjacent to an activating group) is 1.